The fourth-order valence-electron chi connectivity index (χ4n) is 1.39. The van der Waals surface area contributed by atoms with Crippen LogP contribution in [0.4, 0.5) is 0 Å². The Hall–Kier alpha value is -0.940. The second-order valence-electron chi connectivity index (χ2n) is 5.24. The van der Waals surface area contributed by atoms with Crippen molar-refractivity contribution >= 4 is 17.3 Å². The molecule has 0 saturated carbocycles. The number of nitrogens with two attached hydrogens (primary N) is 1. The van der Waals surface area contributed by atoms with Crippen LogP contribution in [0.25, 0.3) is 0 Å². The minimum Gasteiger partial charge on any atom is -0.481 e. The van der Waals surface area contributed by atoms with Crippen LogP contribution in [0.5, 0.6) is 0 Å². The first-order valence-electron chi connectivity index (χ1n) is 5.62. The van der Waals surface area contributed by atoms with Gasteiger partial charge in [0.2, 0.25) is 0 Å². The van der Waals surface area contributed by atoms with Crippen molar-refractivity contribution < 1.29 is 9.90 Å². The molecule has 3 N–H and O–H groups in total. The summed E-state index contributed by atoms with van der Waals surface area (Å²) in [6, 6.07) is 0. The van der Waals surface area contributed by atoms with Gasteiger partial charge in [0.25, 0.3) is 0 Å². The third-order valence-electron chi connectivity index (χ3n) is 3.58. The first kappa shape index (κ1) is 14.1. The molecule has 0 aliphatic carbocycles. The lowest BCUT2D eigenvalue weighted by atomic mass is 9.68. The van der Waals surface area contributed by atoms with Gasteiger partial charge in [-0.25, -0.2) is 4.98 Å². The zero-order valence-electron chi connectivity index (χ0n) is 10.8. The molecule has 0 aromatic carbocycles. The van der Waals surface area contributed by atoms with E-state index in [4.69, 9.17) is 5.73 Å². The molecular weight excluding hydrogens is 236 g/mol. The molecule has 0 amide bonds. The molecule has 1 aromatic rings. The highest BCUT2D eigenvalue weighted by atomic mass is 32.1. The summed E-state index contributed by atoms with van der Waals surface area (Å²) in [4.78, 5) is 15.8. The van der Waals surface area contributed by atoms with E-state index < -0.39 is 16.8 Å². The van der Waals surface area contributed by atoms with E-state index in [2.05, 4.69) is 4.98 Å². The van der Waals surface area contributed by atoms with E-state index in [-0.39, 0.29) is 0 Å². The number of thiazole rings is 1. The van der Waals surface area contributed by atoms with Crippen LogP contribution < -0.4 is 5.73 Å². The van der Waals surface area contributed by atoms with Crippen LogP contribution in [-0.2, 0) is 16.6 Å². The topological polar surface area (TPSA) is 76.2 Å². The lowest BCUT2D eigenvalue weighted by Gasteiger charge is -2.36. The number of carbonyl (C=O) groups is 1. The molecule has 0 aliphatic rings. The molecule has 96 valence electrons. The normalized spacial score (nSPS) is 12.8. The van der Waals surface area contributed by atoms with Crippen LogP contribution in [0.2, 0.25) is 0 Å². The highest BCUT2D eigenvalue weighted by Gasteiger charge is 2.46. The van der Waals surface area contributed by atoms with Gasteiger partial charge in [-0.05, 0) is 20.4 Å². The molecule has 17 heavy (non-hydrogen) atoms. The summed E-state index contributed by atoms with van der Waals surface area (Å²) in [5, 5.41) is 12.1. The zero-order chi connectivity index (χ0) is 13.3. The molecule has 0 bridgehead atoms. The van der Waals surface area contributed by atoms with Crippen molar-refractivity contribution in [3.63, 3.8) is 0 Å². The number of aromatic nitrogens is 1. The van der Waals surface area contributed by atoms with Crippen molar-refractivity contribution in [2.75, 3.05) is 6.54 Å². The molecule has 5 heteroatoms. The van der Waals surface area contributed by atoms with Crippen molar-refractivity contribution in [1.29, 1.82) is 0 Å². The first-order chi connectivity index (χ1) is 7.73. The maximum Gasteiger partial charge on any atom is 0.310 e. The molecule has 0 radical (unpaired) electrons. The lowest BCUT2D eigenvalue weighted by molar-refractivity contribution is -0.150. The summed E-state index contributed by atoms with van der Waals surface area (Å²) in [6.07, 6.45) is 0.736. The van der Waals surface area contributed by atoms with Crippen LogP contribution in [0.3, 0.4) is 0 Å². The molecule has 1 rings (SSSR count). The lowest BCUT2D eigenvalue weighted by Crippen LogP contribution is -2.42. The van der Waals surface area contributed by atoms with Crippen molar-refractivity contribution in [1.82, 2.24) is 4.98 Å². The Bertz CT molecular complexity index is 410. The number of rotatable bonds is 5. The van der Waals surface area contributed by atoms with Gasteiger partial charge < -0.3 is 10.8 Å². The van der Waals surface area contributed by atoms with E-state index in [1.54, 1.807) is 13.8 Å². The smallest absolute Gasteiger partial charge is 0.310 e. The number of hydrogen-bond acceptors (Lipinski definition) is 4. The molecule has 0 saturated heterocycles. The molecular formula is C12H20N2O2S. The Morgan fingerprint density at radius 3 is 2.53 bits per heavy atom. The highest BCUT2D eigenvalue weighted by molar-refractivity contribution is 7.09. The number of aliphatic carboxylic acids is 1. The highest BCUT2D eigenvalue weighted by Crippen LogP contribution is 2.42. The van der Waals surface area contributed by atoms with Crippen LogP contribution in [0, 0.1) is 5.41 Å². The van der Waals surface area contributed by atoms with Gasteiger partial charge in [0.1, 0.15) is 0 Å². The predicted octanol–water partition coefficient (Wildman–Crippen LogP) is 2.03. The summed E-state index contributed by atoms with van der Waals surface area (Å²) < 4.78 is 0. The van der Waals surface area contributed by atoms with Gasteiger partial charge in [0.15, 0.2) is 0 Å². The van der Waals surface area contributed by atoms with Gasteiger partial charge in [-0.2, -0.15) is 0 Å². The van der Waals surface area contributed by atoms with Crippen LogP contribution in [-0.4, -0.2) is 22.6 Å². The first-order valence-corrected chi connectivity index (χ1v) is 6.49. The zero-order valence-corrected chi connectivity index (χ0v) is 11.6. The van der Waals surface area contributed by atoms with Gasteiger partial charge in [0, 0.05) is 17.2 Å². The van der Waals surface area contributed by atoms with Gasteiger partial charge >= 0.3 is 5.97 Å². The van der Waals surface area contributed by atoms with E-state index in [9.17, 15) is 9.90 Å². The van der Waals surface area contributed by atoms with Gasteiger partial charge in [-0.1, -0.05) is 13.8 Å². The van der Waals surface area contributed by atoms with Crippen molar-refractivity contribution in [2.45, 2.75) is 39.5 Å². The molecule has 4 nitrogen and oxygen atoms in total. The van der Waals surface area contributed by atoms with Crippen LogP contribution in [0.15, 0.2) is 5.38 Å². The quantitative estimate of drug-likeness (QED) is 0.845. The van der Waals surface area contributed by atoms with E-state index in [1.807, 2.05) is 19.2 Å². The monoisotopic (exact) mass is 256 g/mol. The fraction of sp³-hybridized carbons (Fsp3) is 0.667. The minimum atomic E-state index is -0.856. The van der Waals surface area contributed by atoms with Crippen molar-refractivity contribution in [3.05, 3.63) is 16.1 Å². The Balaban J connectivity index is 3.07. The third-order valence-corrected chi connectivity index (χ3v) is 4.80. The van der Waals surface area contributed by atoms with E-state index in [0.29, 0.717) is 6.54 Å². The predicted molar refractivity (Wildman–Crippen MR) is 69.3 cm³/mol. The second-order valence-corrected chi connectivity index (χ2v) is 6.10. The molecule has 0 atom stereocenters. The summed E-state index contributed by atoms with van der Waals surface area (Å²) in [5.74, 6) is -0.807. The SMILES string of the molecule is CC(C)(C(=O)O)C(C)(C)c1nc(CCN)cs1. The molecule has 0 spiro atoms. The fourth-order valence-corrected chi connectivity index (χ4v) is 2.53. The summed E-state index contributed by atoms with van der Waals surface area (Å²) in [7, 11) is 0. The summed E-state index contributed by atoms with van der Waals surface area (Å²) in [5.41, 5.74) is 5.07. The number of carboxylic acid groups (broad SMARTS) is 1. The van der Waals surface area contributed by atoms with Crippen molar-refractivity contribution in [2.24, 2.45) is 11.1 Å². The Morgan fingerprint density at radius 1 is 1.47 bits per heavy atom. The molecule has 0 aliphatic heterocycles. The third kappa shape index (κ3) is 2.50. The van der Waals surface area contributed by atoms with Gasteiger partial charge in [-0.15, -0.1) is 11.3 Å². The second kappa shape index (κ2) is 4.74. The average molecular weight is 256 g/mol. The number of hydrogen-bond donors (Lipinski definition) is 2. The van der Waals surface area contributed by atoms with Gasteiger partial charge in [0.05, 0.1) is 16.1 Å². The maximum absolute atomic E-state index is 11.3. The summed E-state index contributed by atoms with van der Waals surface area (Å²) in [6.45, 7) is 7.88. The minimum absolute atomic E-state index is 0.504. The maximum atomic E-state index is 11.3. The van der Waals surface area contributed by atoms with E-state index in [0.717, 1.165) is 17.1 Å². The summed E-state index contributed by atoms with van der Waals surface area (Å²) >= 11 is 1.51. The Labute approximate surface area is 106 Å². The van der Waals surface area contributed by atoms with Crippen LogP contribution >= 0.6 is 11.3 Å². The Morgan fingerprint density at radius 2 is 2.06 bits per heavy atom. The van der Waals surface area contributed by atoms with Crippen LogP contribution in [0.1, 0.15) is 38.4 Å². The molecule has 1 heterocycles. The van der Waals surface area contributed by atoms with E-state index >= 15 is 0 Å². The standard InChI is InChI=1S/C12H20N2O2S/c1-11(2,12(3,4)10(15)16)9-14-8(5-6-13)7-17-9/h7H,5-6,13H2,1-4H3,(H,15,16). The molecule has 0 unspecified atom stereocenters. The van der Waals surface area contributed by atoms with Gasteiger partial charge in [-0.3, -0.25) is 4.79 Å². The molecule has 1 aromatic heterocycles. The number of carboxylic acids is 1. The van der Waals surface area contributed by atoms with Crippen molar-refractivity contribution in [3.8, 4) is 0 Å². The molecule has 0 fully saturated rings. The van der Waals surface area contributed by atoms with E-state index in [1.165, 1.54) is 11.3 Å². The Kier molecular flexibility index (Phi) is 3.94. The number of nitrogens with zero attached hydrogens (tertiary/aromatic N) is 1. The largest absolute Gasteiger partial charge is 0.481 e. The average Bonchev–Trinajstić information content (AvgIpc) is 2.66.